The molecule has 0 aliphatic rings. The predicted octanol–water partition coefficient (Wildman–Crippen LogP) is 7.32. The number of aryl methyl sites for hydroxylation is 3. The van der Waals surface area contributed by atoms with E-state index in [1.807, 2.05) is 0 Å². The summed E-state index contributed by atoms with van der Waals surface area (Å²) in [6.07, 6.45) is -10.8. The van der Waals surface area contributed by atoms with E-state index in [2.05, 4.69) is 0 Å². The van der Waals surface area contributed by atoms with Gasteiger partial charge in [0.2, 0.25) is 18.2 Å². The molecule has 1 atom stereocenters. The van der Waals surface area contributed by atoms with Gasteiger partial charge in [-0.1, -0.05) is 54.1 Å². The molecule has 0 aliphatic heterocycles. The zero-order valence-electron chi connectivity index (χ0n) is 18.7. The minimum absolute atomic E-state index is 0.186. The Morgan fingerprint density at radius 1 is 0.657 bits per heavy atom. The second-order valence-electron chi connectivity index (χ2n) is 8.05. The molecule has 0 fully saturated rings. The third-order valence-electron chi connectivity index (χ3n) is 5.47. The summed E-state index contributed by atoms with van der Waals surface area (Å²) in [6.45, 7) is 4.68. The molecule has 0 bridgehead atoms. The summed E-state index contributed by atoms with van der Waals surface area (Å²) >= 11 is 0. The van der Waals surface area contributed by atoms with Crippen LogP contribution < -0.4 is 5.30 Å². The van der Waals surface area contributed by atoms with Crippen LogP contribution in [0.5, 0.6) is 0 Å². The molecule has 3 rings (SSSR count). The van der Waals surface area contributed by atoms with Crippen LogP contribution in [0.3, 0.4) is 0 Å². The molecule has 3 aromatic rings. The van der Waals surface area contributed by atoms with Gasteiger partial charge in [-0.05, 0) is 44.0 Å². The van der Waals surface area contributed by atoms with Gasteiger partial charge < -0.3 is 4.57 Å². The smallest absolute Gasteiger partial charge is 0.302 e. The number of alkyl halides is 6. The second kappa shape index (κ2) is 9.11. The Balaban J connectivity index is 2.43. The van der Waals surface area contributed by atoms with E-state index in [9.17, 15) is 40.5 Å². The van der Waals surface area contributed by atoms with Crippen LogP contribution in [-0.2, 0) is 16.9 Å². The fourth-order valence-corrected chi connectivity index (χ4v) is 6.52. The third-order valence-corrected chi connectivity index (χ3v) is 8.09. The van der Waals surface area contributed by atoms with E-state index < -0.39 is 52.5 Å². The van der Waals surface area contributed by atoms with Crippen molar-refractivity contribution in [1.82, 2.24) is 0 Å². The lowest BCUT2D eigenvalue weighted by Crippen LogP contribution is -2.26. The minimum atomic E-state index is -5.38. The lowest BCUT2D eigenvalue weighted by Gasteiger charge is -2.23. The molecular weight excluding hydrogens is 493 g/mol. The van der Waals surface area contributed by atoms with Crippen molar-refractivity contribution in [2.24, 2.45) is 0 Å². The maximum absolute atomic E-state index is 14.3. The zero-order valence-corrected chi connectivity index (χ0v) is 19.6. The second-order valence-corrected chi connectivity index (χ2v) is 10.6. The average molecular weight is 512 g/mol. The van der Waals surface area contributed by atoms with Crippen molar-refractivity contribution in [3.05, 3.63) is 99.6 Å². The Bertz CT molecular complexity index is 1300. The Morgan fingerprint density at radius 2 is 1.09 bits per heavy atom. The lowest BCUT2D eigenvalue weighted by molar-refractivity contribution is -0.143. The number of carbonyl (C=O) groups is 2. The van der Waals surface area contributed by atoms with E-state index in [0.29, 0.717) is 18.2 Å². The fraction of sp³-hybridized carbons (Fsp3) is 0.200. The SMILES string of the molecule is Cc1cc(C)c(C(=O)P(=O)(C(=O)c2c(C(F)(F)F)cccc2C(F)(F)F)c2ccccc2)c(C)c1. The molecule has 35 heavy (non-hydrogen) atoms. The number of benzene rings is 3. The van der Waals surface area contributed by atoms with Crippen LogP contribution >= 0.6 is 7.14 Å². The number of halogens is 6. The first kappa shape index (κ1) is 26.4. The Kier molecular flexibility index (Phi) is 6.88. The van der Waals surface area contributed by atoms with Gasteiger partial charge in [0.25, 0.3) is 0 Å². The first-order valence-electron chi connectivity index (χ1n) is 10.2. The van der Waals surface area contributed by atoms with Crippen molar-refractivity contribution in [1.29, 1.82) is 0 Å². The van der Waals surface area contributed by atoms with Gasteiger partial charge >= 0.3 is 12.4 Å². The van der Waals surface area contributed by atoms with Gasteiger partial charge in [-0.2, -0.15) is 26.3 Å². The molecule has 0 aliphatic carbocycles. The van der Waals surface area contributed by atoms with Gasteiger partial charge in [0, 0.05) is 10.9 Å². The van der Waals surface area contributed by atoms with Crippen molar-refractivity contribution >= 4 is 23.5 Å². The van der Waals surface area contributed by atoms with Crippen LogP contribution in [0.4, 0.5) is 26.3 Å². The van der Waals surface area contributed by atoms with Crippen molar-refractivity contribution in [2.45, 2.75) is 33.1 Å². The zero-order chi connectivity index (χ0) is 26.3. The van der Waals surface area contributed by atoms with Crippen LogP contribution in [0.25, 0.3) is 0 Å². The van der Waals surface area contributed by atoms with Gasteiger partial charge in [0.1, 0.15) is 0 Å². The lowest BCUT2D eigenvalue weighted by atomic mass is 10.0. The Labute approximate surface area is 197 Å². The van der Waals surface area contributed by atoms with Gasteiger partial charge in [-0.15, -0.1) is 0 Å². The summed E-state index contributed by atoms with van der Waals surface area (Å²) in [7, 11) is -5.24. The van der Waals surface area contributed by atoms with Crippen LogP contribution in [0.15, 0.2) is 60.7 Å². The highest BCUT2D eigenvalue weighted by Gasteiger charge is 2.50. The van der Waals surface area contributed by atoms with E-state index in [1.165, 1.54) is 32.0 Å². The van der Waals surface area contributed by atoms with Crippen LogP contribution in [0.1, 0.15) is 48.5 Å². The Morgan fingerprint density at radius 3 is 1.51 bits per heavy atom. The monoisotopic (exact) mass is 512 g/mol. The highest BCUT2D eigenvalue weighted by Crippen LogP contribution is 2.54. The fourth-order valence-electron chi connectivity index (χ4n) is 4.05. The van der Waals surface area contributed by atoms with Crippen LogP contribution in [0, 0.1) is 20.8 Å². The molecule has 3 aromatic carbocycles. The highest BCUT2D eigenvalue weighted by atomic mass is 31.2. The molecule has 0 saturated carbocycles. The largest absolute Gasteiger partial charge is 0.417 e. The number of hydrogen-bond acceptors (Lipinski definition) is 3. The van der Waals surface area contributed by atoms with Crippen molar-refractivity contribution in [2.75, 3.05) is 0 Å². The maximum Gasteiger partial charge on any atom is 0.417 e. The van der Waals surface area contributed by atoms with Gasteiger partial charge in [0.05, 0.1) is 16.7 Å². The quantitative estimate of drug-likeness (QED) is 0.266. The number of hydrogen-bond donors (Lipinski definition) is 0. The summed E-state index contributed by atoms with van der Waals surface area (Å²) < 4.78 is 96.9. The first-order valence-corrected chi connectivity index (χ1v) is 11.9. The van der Waals surface area contributed by atoms with Crippen LogP contribution in [0.2, 0.25) is 0 Å². The van der Waals surface area contributed by atoms with Crippen molar-refractivity contribution in [3.63, 3.8) is 0 Å². The normalized spacial score (nSPS) is 13.9. The molecule has 0 spiro atoms. The molecule has 0 heterocycles. The summed E-state index contributed by atoms with van der Waals surface area (Å²) in [4.78, 5) is 27.3. The van der Waals surface area contributed by atoms with Gasteiger partial charge in [-0.3, -0.25) is 9.59 Å². The van der Waals surface area contributed by atoms with E-state index >= 15 is 0 Å². The molecule has 3 nitrogen and oxygen atoms in total. The Hall–Kier alpha value is -3.19. The van der Waals surface area contributed by atoms with E-state index in [-0.39, 0.29) is 16.7 Å². The number of carbonyl (C=O) groups excluding carboxylic acids is 2. The topological polar surface area (TPSA) is 51.2 Å². The molecule has 10 heteroatoms. The molecule has 0 radical (unpaired) electrons. The molecule has 0 amide bonds. The molecule has 0 saturated heterocycles. The summed E-state index contributed by atoms with van der Waals surface area (Å²) in [6, 6.07) is 10.4. The maximum atomic E-state index is 14.3. The van der Waals surface area contributed by atoms with E-state index in [4.69, 9.17) is 0 Å². The highest BCUT2D eigenvalue weighted by molar-refractivity contribution is 8.01. The third kappa shape index (κ3) is 4.82. The van der Waals surface area contributed by atoms with E-state index in [0.717, 1.165) is 17.7 Å². The van der Waals surface area contributed by atoms with Gasteiger partial charge in [-0.25, -0.2) is 0 Å². The van der Waals surface area contributed by atoms with Crippen LogP contribution in [-0.4, -0.2) is 11.0 Å². The van der Waals surface area contributed by atoms with E-state index in [1.54, 1.807) is 19.1 Å². The standard InChI is InChI=1S/C25H19F6O3P/c1-14-12-15(2)20(16(3)13-14)22(32)35(34,17-8-5-4-6-9-17)23(33)21-18(24(26,27)28)10-7-11-19(21)25(29,30)31/h4-13H,1-3H3. The van der Waals surface area contributed by atoms with Gasteiger partial charge in [0.15, 0.2) is 0 Å². The molecule has 1 unspecified atom stereocenters. The average Bonchev–Trinajstić information content (AvgIpc) is 2.76. The van der Waals surface area contributed by atoms with Crippen molar-refractivity contribution < 1.29 is 40.5 Å². The molecule has 184 valence electrons. The number of rotatable bonds is 5. The van der Waals surface area contributed by atoms with Crippen molar-refractivity contribution in [3.8, 4) is 0 Å². The predicted molar refractivity (Wildman–Crippen MR) is 119 cm³/mol. The summed E-state index contributed by atoms with van der Waals surface area (Å²) in [5.41, 5.74) is -7.91. The molecule has 0 aromatic heterocycles. The summed E-state index contributed by atoms with van der Waals surface area (Å²) in [5, 5.41) is -0.459. The first-order chi connectivity index (χ1) is 16.1. The molecular formula is C25H19F6O3P. The molecule has 0 N–H and O–H groups in total. The summed E-state index contributed by atoms with van der Waals surface area (Å²) in [5.74, 6) is 0. The minimum Gasteiger partial charge on any atom is -0.302 e.